The van der Waals surface area contributed by atoms with Gasteiger partial charge in [-0.3, -0.25) is 9.48 Å². The maximum Gasteiger partial charge on any atom is 0.261 e. The van der Waals surface area contributed by atoms with Gasteiger partial charge in [-0.1, -0.05) is 61.0 Å². The number of rotatable bonds is 8. The summed E-state index contributed by atoms with van der Waals surface area (Å²) < 4.78 is 1.84. The quantitative estimate of drug-likeness (QED) is 0.368. The van der Waals surface area contributed by atoms with Crippen LogP contribution in [0.25, 0.3) is 21.5 Å². The van der Waals surface area contributed by atoms with Crippen LogP contribution in [0.15, 0.2) is 60.7 Å². The highest BCUT2D eigenvalue weighted by Gasteiger charge is 2.20. The highest BCUT2D eigenvalue weighted by atomic mass is 35.5. The molecule has 7 heteroatoms. The second-order valence-electron chi connectivity index (χ2n) is 8.07. The second-order valence-corrected chi connectivity index (χ2v) is 9.54. The Bertz CT molecular complexity index is 1200. The number of carbonyl (C=O) groups is 1. The Kier molecular flexibility index (Phi) is 6.94. The summed E-state index contributed by atoms with van der Waals surface area (Å²) in [5.41, 5.74) is 3.12. The minimum absolute atomic E-state index is 0.0341. The van der Waals surface area contributed by atoms with Crippen LogP contribution < -0.4 is 5.32 Å². The number of nitrogens with one attached hydrogen (secondary N) is 1. The van der Waals surface area contributed by atoms with Crippen LogP contribution in [0.3, 0.4) is 0 Å². The maximum atomic E-state index is 13.1. The number of aryl methyl sites for hydroxylation is 1. The zero-order chi connectivity index (χ0) is 22.7. The molecule has 0 aliphatic rings. The molecule has 1 N–H and O–H groups in total. The van der Waals surface area contributed by atoms with E-state index >= 15 is 0 Å². The highest BCUT2D eigenvalue weighted by Crippen LogP contribution is 2.34. The molecule has 0 bridgehead atoms. The van der Waals surface area contributed by atoms with Crippen LogP contribution in [0.2, 0.25) is 5.02 Å². The van der Waals surface area contributed by atoms with Crippen molar-refractivity contribution in [1.29, 1.82) is 0 Å². The largest absolute Gasteiger partial charge is 0.347 e. The molecule has 166 valence electrons. The topological polar surface area (TPSA) is 50.2 Å². The third kappa shape index (κ3) is 5.04. The van der Waals surface area contributed by atoms with Crippen molar-refractivity contribution >= 4 is 39.1 Å². The van der Waals surface area contributed by atoms with Gasteiger partial charge in [-0.2, -0.15) is 5.10 Å². The molecule has 2 aromatic heterocycles. The van der Waals surface area contributed by atoms with Crippen molar-refractivity contribution in [3.8, 4) is 11.3 Å². The number of carbonyl (C=O) groups excluding carboxylic acids is 1. The fourth-order valence-corrected chi connectivity index (χ4v) is 4.94. The van der Waals surface area contributed by atoms with Gasteiger partial charge in [0.25, 0.3) is 5.91 Å². The van der Waals surface area contributed by atoms with Crippen molar-refractivity contribution in [3.63, 3.8) is 0 Å². The minimum Gasteiger partial charge on any atom is -0.347 e. The van der Waals surface area contributed by atoms with Crippen LogP contribution >= 0.6 is 22.9 Å². The van der Waals surface area contributed by atoms with Crippen LogP contribution in [0.5, 0.6) is 0 Å². The lowest BCUT2D eigenvalue weighted by atomic mass is 10.1. The summed E-state index contributed by atoms with van der Waals surface area (Å²) >= 11 is 7.51. The van der Waals surface area contributed by atoms with Crippen molar-refractivity contribution in [2.45, 2.75) is 25.9 Å². The van der Waals surface area contributed by atoms with Crippen molar-refractivity contribution in [3.05, 3.63) is 76.1 Å². The molecular weight excluding hydrogens is 440 g/mol. The number of thiophene rings is 1. The average molecular weight is 467 g/mol. The third-order valence-electron chi connectivity index (χ3n) is 5.51. The second kappa shape index (κ2) is 9.86. The molecule has 0 unspecified atom stereocenters. The molecule has 1 amide bonds. The summed E-state index contributed by atoms with van der Waals surface area (Å²) in [4.78, 5) is 17.0. The smallest absolute Gasteiger partial charge is 0.261 e. The average Bonchev–Trinajstić information content (AvgIpc) is 3.35. The van der Waals surface area contributed by atoms with Gasteiger partial charge in [0, 0.05) is 42.2 Å². The van der Waals surface area contributed by atoms with Gasteiger partial charge in [0.15, 0.2) is 0 Å². The molecule has 0 aliphatic heterocycles. The molecule has 0 aliphatic carbocycles. The normalized spacial score (nSPS) is 12.4. The Morgan fingerprint density at radius 3 is 2.59 bits per heavy atom. The number of aromatic nitrogens is 2. The number of benzene rings is 2. The number of hydrogen-bond donors (Lipinski definition) is 1. The molecule has 0 saturated heterocycles. The van der Waals surface area contributed by atoms with E-state index < -0.39 is 0 Å². The van der Waals surface area contributed by atoms with Gasteiger partial charge in [-0.05, 0) is 37.2 Å². The van der Waals surface area contributed by atoms with Gasteiger partial charge in [0.2, 0.25) is 0 Å². The Balaban J connectivity index is 1.48. The first-order valence-electron chi connectivity index (χ1n) is 10.7. The summed E-state index contributed by atoms with van der Waals surface area (Å²) in [6.45, 7) is 3.75. The van der Waals surface area contributed by atoms with Crippen molar-refractivity contribution in [2.75, 3.05) is 13.6 Å². The monoisotopic (exact) mass is 466 g/mol. The van der Waals surface area contributed by atoms with E-state index in [0.29, 0.717) is 9.90 Å². The van der Waals surface area contributed by atoms with E-state index in [2.05, 4.69) is 53.6 Å². The zero-order valence-corrected chi connectivity index (χ0v) is 20.1. The summed E-state index contributed by atoms with van der Waals surface area (Å²) in [7, 11) is 4.00. The fraction of sp³-hybridized carbons (Fsp3) is 0.280. The van der Waals surface area contributed by atoms with Crippen molar-refractivity contribution in [2.24, 2.45) is 7.05 Å². The number of amides is 1. The van der Waals surface area contributed by atoms with Gasteiger partial charge in [0.05, 0.1) is 4.88 Å². The van der Waals surface area contributed by atoms with Crippen LogP contribution in [0, 0.1) is 0 Å². The van der Waals surface area contributed by atoms with Crippen LogP contribution in [0.1, 0.15) is 28.6 Å². The molecule has 0 spiro atoms. The molecule has 2 aromatic carbocycles. The molecular formula is C25H27ClN4OS. The molecule has 2 heterocycles. The minimum atomic E-state index is -0.0341. The highest BCUT2D eigenvalue weighted by molar-refractivity contribution is 7.20. The van der Waals surface area contributed by atoms with E-state index in [9.17, 15) is 4.79 Å². The molecule has 32 heavy (non-hydrogen) atoms. The number of fused-ring (bicyclic) bond motifs is 1. The summed E-state index contributed by atoms with van der Waals surface area (Å²) in [6, 6.07) is 20.0. The van der Waals surface area contributed by atoms with E-state index in [1.807, 2.05) is 48.1 Å². The maximum absolute atomic E-state index is 13.1. The lowest BCUT2D eigenvalue weighted by Gasteiger charge is -2.24. The van der Waals surface area contributed by atoms with Gasteiger partial charge in [0.1, 0.15) is 10.5 Å². The molecule has 0 radical (unpaired) electrons. The third-order valence-corrected chi connectivity index (χ3v) is 6.96. The fourth-order valence-electron chi connectivity index (χ4n) is 3.84. The first-order chi connectivity index (χ1) is 15.4. The van der Waals surface area contributed by atoms with Crippen molar-refractivity contribution in [1.82, 2.24) is 20.0 Å². The lowest BCUT2D eigenvalue weighted by molar-refractivity contribution is 0.0930. The van der Waals surface area contributed by atoms with Crippen LogP contribution in [-0.2, 0) is 13.6 Å². The van der Waals surface area contributed by atoms with Gasteiger partial charge < -0.3 is 10.2 Å². The van der Waals surface area contributed by atoms with Crippen molar-refractivity contribution < 1.29 is 4.79 Å². The van der Waals surface area contributed by atoms with Gasteiger partial charge >= 0.3 is 0 Å². The predicted octanol–water partition coefficient (Wildman–Crippen LogP) is 5.60. The number of nitrogens with zero attached hydrogens (tertiary/aromatic N) is 3. The Hall–Kier alpha value is -2.67. The lowest BCUT2D eigenvalue weighted by Crippen LogP contribution is -2.41. The number of halogens is 1. The molecule has 0 fully saturated rings. The standard InChI is InChI=1S/C25H27ClN4OS/c1-4-20(16-29(2)15-17-8-6-5-7-9-17)27-24(31)22-14-21-23(28-30(3)25(21)32-22)18-10-12-19(26)13-11-18/h5-14,20H,4,15-16H2,1-3H3,(H,27,31)/t20-/m1/s1. The van der Waals surface area contributed by atoms with E-state index in [4.69, 9.17) is 11.6 Å². The molecule has 4 rings (SSSR count). The Labute approximate surface area is 197 Å². The first kappa shape index (κ1) is 22.5. The molecule has 4 aromatic rings. The van der Waals surface area contributed by atoms with Gasteiger partial charge in [-0.15, -0.1) is 11.3 Å². The molecule has 5 nitrogen and oxygen atoms in total. The summed E-state index contributed by atoms with van der Waals surface area (Å²) in [5.74, 6) is -0.0341. The molecule has 1 atom stereocenters. The van der Waals surface area contributed by atoms with E-state index in [1.54, 1.807) is 0 Å². The van der Waals surface area contributed by atoms with Crippen LogP contribution in [0.4, 0.5) is 0 Å². The number of hydrogen-bond acceptors (Lipinski definition) is 4. The SMILES string of the molecule is CC[C@H](CN(C)Cc1ccccc1)NC(=O)c1cc2c(-c3ccc(Cl)cc3)nn(C)c2s1. The first-order valence-corrected chi connectivity index (χ1v) is 11.9. The Morgan fingerprint density at radius 1 is 1.19 bits per heavy atom. The Morgan fingerprint density at radius 2 is 1.91 bits per heavy atom. The van der Waals surface area contributed by atoms with E-state index in [0.717, 1.165) is 41.0 Å². The van der Waals surface area contributed by atoms with Gasteiger partial charge in [-0.25, -0.2) is 0 Å². The molecule has 0 saturated carbocycles. The number of likely N-dealkylation sites (N-methyl/N-ethyl adjacent to an activating group) is 1. The predicted molar refractivity (Wildman–Crippen MR) is 133 cm³/mol. The summed E-state index contributed by atoms with van der Waals surface area (Å²) in [5, 5.41) is 9.55. The van der Waals surface area contributed by atoms with E-state index in [-0.39, 0.29) is 11.9 Å². The van der Waals surface area contributed by atoms with E-state index in [1.165, 1.54) is 16.9 Å². The zero-order valence-electron chi connectivity index (χ0n) is 18.5. The van der Waals surface area contributed by atoms with Crippen LogP contribution in [-0.4, -0.2) is 40.2 Å². The summed E-state index contributed by atoms with van der Waals surface area (Å²) in [6.07, 6.45) is 0.868.